The lowest BCUT2D eigenvalue weighted by Crippen LogP contribution is -2.14. The van der Waals surface area contributed by atoms with Crippen molar-refractivity contribution in [3.05, 3.63) is 0 Å². The molecule has 0 heterocycles. The smallest absolute Gasteiger partial charge is 0.194 e. The summed E-state index contributed by atoms with van der Waals surface area (Å²) in [5.74, 6) is 3.75. The molecule has 3 atom stereocenters. The fourth-order valence-electron chi connectivity index (χ4n) is 3.19. The van der Waals surface area contributed by atoms with Gasteiger partial charge in [-0.2, -0.15) is 0 Å². The minimum Gasteiger partial charge on any atom is -0.300 e. The molecule has 0 unspecified atom stereocenters. The van der Waals surface area contributed by atoms with E-state index >= 15 is 0 Å². The minimum absolute atomic E-state index is 0.561. The van der Waals surface area contributed by atoms with Gasteiger partial charge in [0.1, 0.15) is 0 Å². The summed E-state index contributed by atoms with van der Waals surface area (Å²) in [6.07, 6.45) is 5.41. The number of fused-ring (bicyclic) bond motifs is 2. The van der Waals surface area contributed by atoms with Gasteiger partial charge in [-0.1, -0.05) is 43.0 Å². The Labute approximate surface area is 101 Å². The minimum atomic E-state index is -1.98. The molecule has 0 aromatic carbocycles. The van der Waals surface area contributed by atoms with Gasteiger partial charge in [0, 0.05) is 5.66 Å². The van der Waals surface area contributed by atoms with Crippen LogP contribution < -0.4 is 0 Å². The highest BCUT2D eigenvalue weighted by Gasteiger charge is 2.48. The Morgan fingerprint density at radius 1 is 1.13 bits per heavy atom. The normalized spacial score (nSPS) is 34.9. The molecule has 2 fully saturated rings. The topological polar surface area (TPSA) is 17.1 Å². The average Bonchev–Trinajstić information content (AvgIpc) is 2.79. The molecule has 0 aliphatic heterocycles. The summed E-state index contributed by atoms with van der Waals surface area (Å²) in [6.45, 7) is 4.28. The van der Waals surface area contributed by atoms with Crippen molar-refractivity contribution in [1.29, 1.82) is 0 Å². The van der Waals surface area contributed by atoms with E-state index < -0.39 is 5.55 Å². The van der Waals surface area contributed by atoms with Crippen molar-refractivity contribution in [2.24, 2.45) is 11.8 Å². The molecule has 15 heavy (non-hydrogen) atoms. The van der Waals surface area contributed by atoms with Crippen molar-refractivity contribution in [1.82, 2.24) is 0 Å². The van der Waals surface area contributed by atoms with Crippen LogP contribution in [0.5, 0.6) is 0 Å². The summed E-state index contributed by atoms with van der Waals surface area (Å²) in [5.41, 5.74) is -1.41. The first kappa shape index (κ1) is 12.4. The molecule has 2 saturated carbocycles. The monoisotopic (exact) mass is 264 g/mol. The first-order chi connectivity index (χ1) is 7.19. The molecule has 88 valence electrons. The van der Waals surface area contributed by atoms with Gasteiger partial charge in [0.15, 0.2) is 5.55 Å². The van der Waals surface area contributed by atoms with Crippen LogP contribution in [0.2, 0.25) is 0 Å². The van der Waals surface area contributed by atoms with Gasteiger partial charge in [-0.15, -0.1) is 0 Å². The zero-order valence-electron chi connectivity index (χ0n) is 9.65. The Hall–Kier alpha value is 0.930. The van der Waals surface area contributed by atoms with Gasteiger partial charge in [0.25, 0.3) is 0 Å². The predicted octanol–water partition coefficient (Wildman–Crippen LogP) is 4.87. The first-order valence-corrected chi connectivity index (χ1v) is 11.0. The summed E-state index contributed by atoms with van der Waals surface area (Å²) in [6, 6.07) is 0. The van der Waals surface area contributed by atoms with E-state index in [1.807, 2.05) is 0 Å². The fraction of sp³-hybridized carbons (Fsp3) is 1.00. The second-order valence-corrected chi connectivity index (χ2v) is 13.5. The molecule has 0 amide bonds. The molecule has 0 aromatic heterocycles. The van der Waals surface area contributed by atoms with Crippen molar-refractivity contribution in [2.75, 3.05) is 11.5 Å². The maximum Gasteiger partial charge on any atom is 0.194 e. The van der Waals surface area contributed by atoms with Crippen LogP contribution in [0.4, 0.5) is 0 Å². The van der Waals surface area contributed by atoms with Crippen LogP contribution >= 0.6 is 28.3 Å². The van der Waals surface area contributed by atoms with Crippen LogP contribution in [-0.2, 0) is 4.57 Å². The van der Waals surface area contributed by atoms with Gasteiger partial charge in [0.05, 0.1) is 0 Å². The zero-order valence-corrected chi connectivity index (χ0v) is 12.2. The molecule has 0 N–H and O–H groups in total. The van der Waals surface area contributed by atoms with Gasteiger partial charge in [0.2, 0.25) is 0 Å². The maximum absolute atomic E-state index is 12.9. The molecule has 0 radical (unpaired) electrons. The van der Waals surface area contributed by atoms with E-state index in [-0.39, 0.29) is 0 Å². The molecule has 0 aromatic rings. The molecule has 0 spiro atoms. The van der Waals surface area contributed by atoms with Gasteiger partial charge in [-0.3, -0.25) is 0 Å². The predicted molar refractivity (Wildman–Crippen MR) is 73.1 cm³/mol. The van der Waals surface area contributed by atoms with E-state index in [1.54, 1.807) is 22.8 Å². The highest BCUT2D eigenvalue weighted by molar-refractivity contribution is 8.90. The molecule has 1 nitrogen and oxygen atoms in total. The van der Waals surface area contributed by atoms with Gasteiger partial charge in [-0.25, -0.2) is 0 Å². The summed E-state index contributed by atoms with van der Waals surface area (Å²) >= 11 is 3.52. The van der Waals surface area contributed by atoms with Crippen LogP contribution in [0, 0.1) is 11.8 Å². The van der Waals surface area contributed by atoms with Crippen LogP contribution in [0.3, 0.4) is 0 Å². The lowest BCUT2D eigenvalue weighted by Gasteiger charge is -2.29. The number of rotatable bonds is 5. The van der Waals surface area contributed by atoms with E-state index in [4.69, 9.17) is 0 Å². The molecule has 2 rings (SSSR count). The van der Waals surface area contributed by atoms with Crippen molar-refractivity contribution < 1.29 is 4.57 Å². The molecule has 4 heteroatoms. The Balaban J connectivity index is 2.08. The van der Waals surface area contributed by atoms with E-state index in [0.29, 0.717) is 5.66 Å². The Morgan fingerprint density at radius 3 is 2.20 bits per heavy atom. The van der Waals surface area contributed by atoms with Gasteiger partial charge >= 0.3 is 0 Å². The third-order valence-electron chi connectivity index (χ3n) is 3.73. The lowest BCUT2D eigenvalue weighted by molar-refractivity contribution is 0.474. The third kappa shape index (κ3) is 2.45. The molecule has 0 saturated heterocycles. The SMILES string of the molecule is CCSP(=O)(SCC)[C@@H]1C[C@H]2CC[C@@H]1C2. The van der Waals surface area contributed by atoms with E-state index in [0.717, 1.165) is 23.3 Å². The molecule has 2 aliphatic rings. The number of hydrogen-bond donors (Lipinski definition) is 0. The Bertz CT molecular complexity index is 259. The second kappa shape index (κ2) is 5.06. The fourth-order valence-corrected chi connectivity index (χ4v) is 13.4. The standard InChI is InChI=1S/C11H21OPS2/c1-3-14-13(12,15-4-2)11-8-9-5-6-10(11)7-9/h9-11H,3-8H2,1-2H3/t9-,10+,11+/m0/s1. The van der Waals surface area contributed by atoms with Crippen molar-refractivity contribution >= 4 is 28.3 Å². The first-order valence-electron chi connectivity index (χ1n) is 6.08. The Kier molecular flexibility index (Phi) is 4.18. The van der Waals surface area contributed by atoms with Crippen molar-refractivity contribution in [2.45, 2.75) is 45.2 Å². The van der Waals surface area contributed by atoms with Crippen LogP contribution in [0.15, 0.2) is 0 Å². The highest BCUT2D eigenvalue weighted by atomic mass is 33.1. The quantitative estimate of drug-likeness (QED) is 0.659. The summed E-state index contributed by atoms with van der Waals surface area (Å²) < 4.78 is 12.9. The molecule has 2 aliphatic carbocycles. The van der Waals surface area contributed by atoms with E-state index in [1.165, 1.54) is 25.7 Å². The average molecular weight is 264 g/mol. The zero-order chi connectivity index (χ0) is 10.9. The highest BCUT2D eigenvalue weighted by Crippen LogP contribution is 2.77. The largest absolute Gasteiger partial charge is 0.300 e. The van der Waals surface area contributed by atoms with E-state index in [2.05, 4.69) is 13.8 Å². The van der Waals surface area contributed by atoms with Gasteiger partial charge in [-0.05, 0) is 42.6 Å². The number of hydrogen-bond acceptors (Lipinski definition) is 3. The Morgan fingerprint density at radius 2 is 1.80 bits per heavy atom. The van der Waals surface area contributed by atoms with Crippen molar-refractivity contribution in [3.8, 4) is 0 Å². The van der Waals surface area contributed by atoms with Crippen LogP contribution in [-0.4, -0.2) is 17.2 Å². The molecular weight excluding hydrogens is 243 g/mol. The lowest BCUT2D eigenvalue weighted by atomic mass is 10.0. The van der Waals surface area contributed by atoms with Crippen molar-refractivity contribution in [3.63, 3.8) is 0 Å². The van der Waals surface area contributed by atoms with Crippen LogP contribution in [0.1, 0.15) is 39.5 Å². The van der Waals surface area contributed by atoms with E-state index in [9.17, 15) is 4.57 Å². The summed E-state index contributed by atoms with van der Waals surface area (Å²) in [7, 11) is 0. The molecule has 2 bridgehead atoms. The molecular formula is C11H21OPS2. The summed E-state index contributed by atoms with van der Waals surface area (Å²) in [5, 5.41) is 0. The third-order valence-corrected chi connectivity index (χ3v) is 13.6. The summed E-state index contributed by atoms with van der Waals surface area (Å²) in [4.78, 5) is 0. The van der Waals surface area contributed by atoms with Gasteiger partial charge < -0.3 is 4.57 Å². The maximum atomic E-state index is 12.9. The van der Waals surface area contributed by atoms with Crippen LogP contribution in [0.25, 0.3) is 0 Å². The second-order valence-electron chi connectivity index (χ2n) is 4.62.